The van der Waals surface area contributed by atoms with E-state index in [1.165, 1.54) is 0 Å². The number of benzene rings is 1. The molecule has 0 saturated carbocycles. The Morgan fingerprint density at radius 3 is 1.53 bits per heavy atom. The Morgan fingerprint density at radius 2 is 1.18 bits per heavy atom. The Balaban J connectivity index is 3.44. The Hall–Kier alpha value is -1.99. The third-order valence-electron chi connectivity index (χ3n) is 1.65. The predicted molar refractivity (Wildman–Crippen MR) is 42.3 cm³/mol. The average Bonchev–Trinajstić information content (AvgIpc) is 2.23. The Morgan fingerprint density at radius 1 is 0.824 bits per heavy atom. The van der Waals surface area contributed by atoms with Gasteiger partial charge < -0.3 is 4.74 Å². The molecule has 1 rings (SSSR count). The van der Waals surface area contributed by atoms with E-state index in [4.69, 9.17) is 0 Å². The number of halogens is 5. The second-order valence-electron chi connectivity index (χ2n) is 2.83. The van der Waals surface area contributed by atoms with E-state index in [0.29, 0.717) is 0 Å². The van der Waals surface area contributed by atoms with Crippen LogP contribution < -0.4 is 0 Å². The number of ether oxygens (including phenoxy) is 1. The number of carbonyl (C=O) groups is 2. The largest absolute Gasteiger partial charge is 0.389 e. The summed E-state index contributed by atoms with van der Waals surface area (Å²) >= 11 is 0. The van der Waals surface area contributed by atoms with Crippen LogP contribution in [0.4, 0.5) is 22.0 Å². The van der Waals surface area contributed by atoms with Crippen LogP contribution in [0.5, 0.6) is 0 Å². The van der Waals surface area contributed by atoms with Gasteiger partial charge in [0.1, 0.15) is 5.56 Å². The van der Waals surface area contributed by atoms with E-state index in [2.05, 4.69) is 4.74 Å². The van der Waals surface area contributed by atoms with Gasteiger partial charge in [-0.05, 0) is 0 Å². The lowest BCUT2D eigenvalue weighted by Gasteiger charge is -2.06. The van der Waals surface area contributed by atoms with E-state index >= 15 is 0 Å². The fourth-order valence-corrected chi connectivity index (χ4v) is 0.966. The van der Waals surface area contributed by atoms with Crippen molar-refractivity contribution in [3.8, 4) is 0 Å². The van der Waals surface area contributed by atoms with E-state index in [1.807, 2.05) is 0 Å². The highest BCUT2D eigenvalue weighted by Gasteiger charge is 2.31. The first-order valence-corrected chi connectivity index (χ1v) is 4.01. The summed E-state index contributed by atoms with van der Waals surface area (Å²) < 4.78 is 67.5. The van der Waals surface area contributed by atoms with E-state index in [9.17, 15) is 31.5 Å². The summed E-state index contributed by atoms with van der Waals surface area (Å²) in [5, 5.41) is 0. The minimum absolute atomic E-state index is 0.726. The topological polar surface area (TPSA) is 43.4 Å². The maximum atomic E-state index is 13.0. The fraction of sp³-hybridized carbons (Fsp3) is 0.111. The normalized spacial score (nSPS) is 10.2. The van der Waals surface area contributed by atoms with Crippen molar-refractivity contribution in [1.82, 2.24) is 0 Å². The number of hydrogen-bond donors (Lipinski definition) is 0. The van der Waals surface area contributed by atoms with E-state index in [-0.39, 0.29) is 0 Å². The molecule has 0 fully saturated rings. The highest BCUT2D eigenvalue weighted by molar-refractivity contribution is 5.96. The molecule has 17 heavy (non-hydrogen) atoms. The van der Waals surface area contributed by atoms with Crippen molar-refractivity contribution in [2.45, 2.75) is 6.92 Å². The van der Waals surface area contributed by atoms with Crippen LogP contribution in [0.15, 0.2) is 0 Å². The van der Waals surface area contributed by atoms with Gasteiger partial charge in [0.05, 0.1) is 0 Å². The van der Waals surface area contributed by atoms with Crippen molar-refractivity contribution in [2.75, 3.05) is 0 Å². The van der Waals surface area contributed by atoms with Crippen molar-refractivity contribution in [2.24, 2.45) is 0 Å². The predicted octanol–water partition coefficient (Wildman–Crippen LogP) is 2.09. The number of carbonyl (C=O) groups excluding carboxylic acids is 2. The lowest BCUT2D eigenvalue weighted by atomic mass is 10.1. The van der Waals surface area contributed by atoms with E-state index in [0.717, 1.165) is 6.92 Å². The molecule has 0 aromatic heterocycles. The minimum Gasteiger partial charge on any atom is -0.389 e. The molecule has 1 aromatic carbocycles. The second-order valence-corrected chi connectivity index (χ2v) is 2.83. The van der Waals surface area contributed by atoms with Crippen LogP contribution in [0.1, 0.15) is 17.3 Å². The van der Waals surface area contributed by atoms with Crippen molar-refractivity contribution < 1.29 is 36.3 Å². The van der Waals surface area contributed by atoms with Crippen LogP contribution in [-0.4, -0.2) is 11.9 Å². The second kappa shape index (κ2) is 4.48. The van der Waals surface area contributed by atoms with Gasteiger partial charge in [0.2, 0.25) is 5.82 Å². The van der Waals surface area contributed by atoms with Gasteiger partial charge in [-0.1, -0.05) is 0 Å². The lowest BCUT2D eigenvalue weighted by molar-refractivity contribution is -0.135. The van der Waals surface area contributed by atoms with E-state index < -0.39 is 46.6 Å². The summed E-state index contributed by atoms with van der Waals surface area (Å²) in [5.74, 6) is -14.9. The lowest BCUT2D eigenvalue weighted by Crippen LogP contribution is -2.17. The fourth-order valence-electron chi connectivity index (χ4n) is 0.966. The molecule has 0 unspecified atom stereocenters. The van der Waals surface area contributed by atoms with Crippen LogP contribution in [-0.2, 0) is 9.53 Å². The molecule has 0 radical (unpaired) electrons. The molecule has 0 aliphatic heterocycles. The van der Waals surface area contributed by atoms with Gasteiger partial charge in [-0.25, -0.2) is 26.7 Å². The van der Waals surface area contributed by atoms with Crippen molar-refractivity contribution in [3.63, 3.8) is 0 Å². The maximum absolute atomic E-state index is 13.0. The Bertz CT molecular complexity index is 483. The monoisotopic (exact) mass is 254 g/mol. The Kier molecular flexibility index (Phi) is 3.45. The van der Waals surface area contributed by atoms with Gasteiger partial charge in [-0.15, -0.1) is 0 Å². The first kappa shape index (κ1) is 13.1. The Labute approximate surface area is 90.8 Å². The highest BCUT2D eigenvalue weighted by Crippen LogP contribution is 2.23. The summed E-state index contributed by atoms with van der Waals surface area (Å²) in [6.45, 7) is 0.726. The first-order chi connectivity index (χ1) is 7.77. The third-order valence-corrected chi connectivity index (χ3v) is 1.65. The number of rotatable bonds is 1. The molecule has 0 spiro atoms. The van der Waals surface area contributed by atoms with Crippen molar-refractivity contribution in [3.05, 3.63) is 34.6 Å². The standard InChI is InChI=1S/C9H3F5O3/c1-2(15)17-9(16)3-4(10)6(12)8(14)7(13)5(3)11/h1H3. The van der Waals surface area contributed by atoms with Crippen LogP contribution in [0.2, 0.25) is 0 Å². The smallest absolute Gasteiger partial charge is 0.352 e. The maximum Gasteiger partial charge on any atom is 0.352 e. The quantitative estimate of drug-likeness (QED) is 0.253. The van der Waals surface area contributed by atoms with Crippen LogP contribution in [0.25, 0.3) is 0 Å². The molecule has 0 bridgehead atoms. The zero-order chi connectivity index (χ0) is 13.3. The average molecular weight is 254 g/mol. The van der Waals surface area contributed by atoms with Gasteiger partial charge in [-0.3, -0.25) is 4.79 Å². The number of esters is 2. The molecule has 0 N–H and O–H groups in total. The molecule has 0 heterocycles. The zero-order valence-corrected chi connectivity index (χ0v) is 8.11. The van der Waals surface area contributed by atoms with Gasteiger partial charge in [0.15, 0.2) is 23.3 Å². The molecule has 0 aliphatic carbocycles. The highest BCUT2D eigenvalue weighted by atomic mass is 19.2. The van der Waals surface area contributed by atoms with Crippen LogP contribution in [0.3, 0.4) is 0 Å². The molecular formula is C9H3F5O3. The number of hydrogen-bond acceptors (Lipinski definition) is 3. The molecule has 1 aromatic rings. The molecule has 0 amide bonds. The SMILES string of the molecule is CC(=O)OC(=O)c1c(F)c(F)c(F)c(F)c1F. The molecule has 8 heteroatoms. The van der Waals surface area contributed by atoms with Crippen LogP contribution in [0, 0.1) is 29.1 Å². The minimum atomic E-state index is -2.40. The zero-order valence-electron chi connectivity index (χ0n) is 8.11. The van der Waals surface area contributed by atoms with Gasteiger partial charge in [0, 0.05) is 6.92 Å². The van der Waals surface area contributed by atoms with Crippen LogP contribution >= 0.6 is 0 Å². The summed E-state index contributed by atoms with van der Waals surface area (Å²) in [6, 6.07) is 0. The first-order valence-electron chi connectivity index (χ1n) is 4.01. The molecule has 0 aliphatic rings. The van der Waals surface area contributed by atoms with Gasteiger partial charge >= 0.3 is 11.9 Å². The van der Waals surface area contributed by atoms with Gasteiger partial charge in [0.25, 0.3) is 0 Å². The van der Waals surface area contributed by atoms with Gasteiger partial charge in [-0.2, -0.15) is 0 Å². The van der Waals surface area contributed by atoms with Crippen molar-refractivity contribution in [1.29, 1.82) is 0 Å². The molecular weight excluding hydrogens is 251 g/mol. The van der Waals surface area contributed by atoms with Crippen molar-refractivity contribution >= 4 is 11.9 Å². The molecule has 3 nitrogen and oxygen atoms in total. The third kappa shape index (κ3) is 2.24. The summed E-state index contributed by atoms with van der Waals surface area (Å²) in [5.41, 5.74) is -1.81. The summed E-state index contributed by atoms with van der Waals surface area (Å²) in [4.78, 5) is 21.3. The molecule has 0 saturated heterocycles. The summed E-state index contributed by atoms with van der Waals surface area (Å²) in [7, 11) is 0. The molecule has 92 valence electrons. The summed E-state index contributed by atoms with van der Waals surface area (Å²) in [6.07, 6.45) is 0. The molecule has 0 atom stereocenters. The van der Waals surface area contributed by atoms with E-state index in [1.54, 1.807) is 0 Å².